The van der Waals surface area contributed by atoms with E-state index in [1.807, 2.05) is 0 Å². The third-order valence-corrected chi connectivity index (χ3v) is 2.02. The van der Waals surface area contributed by atoms with Crippen LogP contribution >= 0.6 is 0 Å². The molecule has 0 heterocycles. The van der Waals surface area contributed by atoms with E-state index < -0.39 is 29.8 Å². The molecule has 1 aromatic carbocycles. The Morgan fingerprint density at radius 2 is 1.94 bits per heavy atom. The lowest BCUT2D eigenvalue weighted by molar-refractivity contribution is -0.163. The maximum absolute atomic E-state index is 12.4. The summed E-state index contributed by atoms with van der Waals surface area (Å²) in [4.78, 5) is 21.5. The summed E-state index contributed by atoms with van der Waals surface area (Å²) in [7, 11) is 0. The molecule has 4 nitrogen and oxygen atoms in total. The van der Waals surface area contributed by atoms with Crippen LogP contribution < -0.4 is 0 Å². The van der Waals surface area contributed by atoms with Crippen LogP contribution in [0.15, 0.2) is 24.3 Å². The first-order valence-corrected chi connectivity index (χ1v) is 4.79. The number of carboxylic acids is 1. The third kappa shape index (κ3) is 3.47. The van der Waals surface area contributed by atoms with Gasteiger partial charge in [0.15, 0.2) is 0 Å². The van der Waals surface area contributed by atoms with Crippen molar-refractivity contribution >= 4 is 11.9 Å². The van der Waals surface area contributed by atoms with E-state index in [9.17, 15) is 22.8 Å². The van der Waals surface area contributed by atoms with Crippen LogP contribution in [-0.2, 0) is 20.5 Å². The van der Waals surface area contributed by atoms with Gasteiger partial charge in [-0.1, -0.05) is 12.1 Å². The molecule has 0 aliphatic rings. The molecule has 0 amide bonds. The van der Waals surface area contributed by atoms with Crippen molar-refractivity contribution in [3.63, 3.8) is 0 Å². The van der Waals surface area contributed by atoms with Crippen LogP contribution in [0, 0.1) is 0 Å². The molecular formula is C11H9F3O4. The van der Waals surface area contributed by atoms with Gasteiger partial charge in [-0.2, -0.15) is 13.2 Å². The fourth-order valence-electron chi connectivity index (χ4n) is 1.31. The number of ether oxygens (including phenoxy) is 1. The molecule has 1 aromatic rings. The summed E-state index contributed by atoms with van der Waals surface area (Å²) in [5.74, 6) is -2.43. The van der Waals surface area contributed by atoms with Crippen molar-refractivity contribution in [1.82, 2.24) is 0 Å². The molecule has 18 heavy (non-hydrogen) atoms. The van der Waals surface area contributed by atoms with E-state index in [-0.39, 0.29) is 5.56 Å². The monoisotopic (exact) mass is 262 g/mol. The van der Waals surface area contributed by atoms with E-state index in [0.29, 0.717) is 6.07 Å². The molecule has 0 fully saturated rings. The summed E-state index contributed by atoms with van der Waals surface area (Å²) in [6.07, 6.45) is -6.33. The maximum atomic E-state index is 12.4. The molecule has 0 aliphatic heterocycles. The van der Waals surface area contributed by atoms with Crippen molar-refractivity contribution in [2.45, 2.75) is 19.2 Å². The lowest BCUT2D eigenvalue weighted by Gasteiger charge is -2.14. The highest BCUT2D eigenvalue weighted by Gasteiger charge is 2.32. The van der Waals surface area contributed by atoms with Crippen LogP contribution in [0.25, 0.3) is 0 Å². The molecule has 7 heteroatoms. The van der Waals surface area contributed by atoms with E-state index in [4.69, 9.17) is 5.11 Å². The van der Waals surface area contributed by atoms with Crippen molar-refractivity contribution in [3.05, 3.63) is 35.4 Å². The molecule has 1 rings (SSSR count). The summed E-state index contributed by atoms with van der Waals surface area (Å²) in [5.41, 5.74) is -1.24. The number of carboxylic acid groups (broad SMARTS) is 1. The first-order valence-electron chi connectivity index (χ1n) is 4.79. The molecule has 0 unspecified atom stereocenters. The second kappa shape index (κ2) is 5.07. The van der Waals surface area contributed by atoms with Gasteiger partial charge < -0.3 is 9.84 Å². The number of carbonyl (C=O) groups is 2. The standard InChI is InChI=1S/C11H9F3O4/c1-6(15)18-9(10(16)17)7-3-2-4-8(5-7)11(12,13)14/h2-5,9H,1H3,(H,16,17)/t9-/m1/s1. The van der Waals surface area contributed by atoms with Gasteiger partial charge in [0.05, 0.1) is 5.56 Å². The molecule has 0 spiro atoms. The SMILES string of the molecule is CC(=O)O[C@@H](C(=O)O)c1cccc(C(F)(F)F)c1. The van der Waals surface area contributed by atoms with Crippen molar-refractivity contribution in [1.29, 1.82) is 0 Å². The quantitative estimate of drug-likeness (QED) is 0.849. The average molecular weight is 262 g/mol. The van der Waals surface area contributed by atoms with Crippen molar-refractivity contribution in [3.8, 4) is 0 Å². The highest BCUT2D eigenvalue weighted by atomic mass is 19.4. The van der Waals surface area contributed by atoms with E-state index in [2.05, 4.69) is 4.74 Å². The summed E-state index contributed by atoms with van der Waals surface area (Å²) >= 11 is 0. The molecule has 0 radical (unpaired) electrons. The van der Waals surface area contributed by atoms with Crippen LogP contribution in [0.1, 0.15) is 24.2 Å². The van der Waals surface area contributed by atoms with Gasteiger partial charge >= 0.3 is 18.1 Å². The Labute approximate surface area is 100.0 Å². The smallest absolute Gasteiger partial charge is 0.416 e. The van der Waals surface area contributed by atoms with Gasteiger partial charge in [-0.05, 0) is 12.1 Å². The van der Waals surface area contributed by atoms with Gasteiger partial charge in [0.2, 0.25) is 6.10 Å². The number of alkyl halides is 3. The predicted molar refractivity (Wildman–Crippen MR) is 53.6 cm³/mol. The fraction of sp³-hybridized carbons (Fsp3) is 0.273. The molecule has 0 aromatic heterocycles. The second-order valence-electron chi connectivity index (χ2n) is 3.45. The van der Waals surface area contributed by atoms with Crippen molar-refractivity contribution in [2.75, 3.05) is 0 Å². The number of hydrogen-bond acceptors (Lipinski definition) is 3. The molecule has 1 atom stereocenters. The van der Waals surface area contributed by atoms with Gasteiger partial charge in [-0.15, -0.1) is 0 Å². The van der Waals surface area contributed by atoms with Gasteiger partial charge in [0, 0.05) is 12.5 Å². The van der Waals surface area contributed by atoms with Gasteiger partial charge in [0.1, 0.15) is 0 Å². The molecule has 98 valence electrons. The van der Waals surface area contributed by atoms with E-state index in [0.717, 1.165) is 25.1 Å². The first-order chi connectivity index (χ1) is 8.21. The molecule has 0 saturated heterocycles. The Balaban J connectivity index is 3.13. The first kappa shape index (κ1) is 14.0. The Morgan fingerprint density at radius 3 is 2.39 bits per heavy atom. The Hall–Kier alpha value is -2.05. The van der Waals surface area contributed by atoms with Gasteiger partial charge in [-0.25, -0.2) is 4.79 Å². The number of benzene rings is 1. The van der Waals surface area contributed by atoms with Crippen molar-refractivity contribution < 1.29 is 32.6 Å². The largest absolute Gasteiger partial charge is 0.478 e. The molecule has 0 aliphatic carbocycles. The third-order valence-electron chi connectivity index (χ3n) is 2.02. The minimum Gasteiger partial charge on any atom is -0.478 e. The summed E-state index contributed by atoms with van der Waals surface area (Å²) in [6.45, 7) is 0.976. The lowest BCUT2D eigenvalue weighted by Crippen LogP contribution is -2.18. The van der Waals surface area contributed by atoms with Gasteiger partial charge in [0.25, 0.3) is 0 Å². The summed E-state index contributed by atoms with van der Waals surface area (Å²) < 4.78 is 41.8. The number of aliphatic carboxylic acids is 1. The average Bonchev–Trinajstić information content (AvgIpc) is 2.24. The van der Waals surface area contributed by atoms with Crippen LogP contribution in [0.4, 0.5) is 13.2 Å². The number of esters is 1. The van der Waals surface area contributed by atoms with Crippen LogP contribution in [0.5, 0.6) is 0 Å². The fourth-order valence-corrected chi connectivity index (χ4v) is 1.31. The molecular weight excluding hydrogens is 253 g/mol. The van der Waals surface area contributed by atoms with Crippen LogP contribution in [-0.4, -0.2) is 17.0 Å². The van der Waals surface area contributed by atoms with E-state index >= 15 is 0 Å². The molecule has 1 N–H and O–H groups in total. The topological polar surface area (TPSA) is 63.6 Å². The van der Waals surface area contributed by atoms with Gasteiger partial charge in [-0.3, -0.25) is 4.79 Å². The van der Waals surface area contributed by atoms with Crippen molar-refractivity contribution in [2.24, 2.45) is 0 Å². The predicted octanol–water partition coefficient (Wildman–Crippen LogP) is 2.39. The summed E-state index contributed by atoms with van der Waals surface area (Å²) in [5, 5.41) is 8.81. The van der Waals surface area contributed by atoms with E-state index in [1.54, 1.807) is 0 Å². The number of rotatable bonds is 3. The van der Waals surface area contributed by atoms with E-state index in [1.165, 1.54) is 0 Å². The van der Waals surface area contributed by atoms with Crippen LogP contribution in [0.3, 0.4) is 0 Å². The number of halogens is 3. The number of carbonyl (C=O) groups excluding carboxylic acids is 1. The highest BCUT2D eigenvalue weighted by Crippen LogP contribution is 2.31. The summed E-state index contributed by atoms with van der Waals surface area (Å²) in [6, 6.07) is 3.65. The zero-order chi connectivity index (χ0) is 13.9. The minimum absolute atomic E-state index is 0.243. The second-order valence-corrected chi connectivity index (χ2v) is 3.45. The molecule has 0 saturated carbocycles. The molecule has 0 bridgehead atoms. The normalized spacial score (nSPS) is 12.9. The number of hydrogen-bond donors (Lipinski definition) is 1. The Morgan fingerprint density at radius 1 is 1.33 bits per heavy atom. The Kier molecular flexibility index (Phi) is 3.95. The van der Waals surface area contributed by atoms with Crippen LogP contribution in [0.2, 0.25) is 0 Å². The Bertz CT molecular complexity index is 468. The lowest BCUT2D eigenvalue weighted by atomic mass is 10.1. The zero-order valence-corrected chi connectivity index (χ0v) is 9.19. The zero-order valence-electron chi connectivity index (χ0n) is 9.19. The highest BCUT2D eigenvalue weighted by molar-refractivity contribution is 5.78. The maximum Gasteiger partial charge on any atom is 0.416 e. The minimum atomic E-state index is -4.59.